The lowest BCUT2D eigenvalue weighted by Crippen LogP contribution is -2.41. The van der Waals surface area contributed by atoms with E-state index < -0.39 is 14.0 Å². The molecule has 8 nitrogen and oxygen atoms in total. The number of fused-ring (bicyclic) bond motifs is 2. The molecule has 3 aliphatic heterocycles. The number of hydrogen-bond donors (Lipinski definition) is 0. The smallest absolute Gasteiger partial charge is 0.405 e. The first-order valence-electron chi connectivity index (χ1n) is 20.7. The molecule has 5 heterocycles. The van der Waals surface area contributed by atoms with Crippen LogP contribution in [0.4, 0.5) is 0 Å². The standard InChI is InChI=1S/C21H22BNO2.C15H10BrN.C12H24B2O4/c1-20(2)21(3,4)25-22(24-20)17-12-9-16(10-13-17)19-14-11-15-7-5-6-8-18(15)23-19;16-13-8-5-12(6-9-13)15-10-7-11-3-1-2-4-14(11)17-15;1-9(2)10(3,4)16-13(15-9)14-17-11(5,6)12(7,8)18-14/h5-14H,1-4H3;1-10H;1-8H3. The summed E-state index contributed by atoms with van der Waals surface area (Å²) >= 11 is 3.44. The average molecular weight is 869 g/mol. The highest BCUT2D eigenvalue weighted by Crippen LogP contribution is 2.43. The van der Waals surface area contributed by atoms with Gasteiger partial charge in [0.2, 0.25) is 0 Å². The van der Waals surface area contributed by atoms with E-state index in [0.29, 0.717) is 0 Å². The monoisotopic (exact) mass is 868 g/mol. The molecule has 3 aliphatic rings. The Morgan fingerprint density at radius 1 is 0.383 bits per heavy atom. The molecule has 0 radical (unpaired) electrons. The van der Waals surface area contributed by atoms with E-state index in [2.05, 4.69) is 121 Å². The molecule has 2 aromatic heterocycles. The van der Waals surface area contributed by atoms with Crippen molar-refractivity contribution in [1.82, 2.24) is 9.97 Å². The normalized spacial score (nSPS) is 20.4. The molecule has 0 aliphatic carbocycles. The minimum Gasteiger partial charge on any atom is -0.405 e. The molecule has 4 aromatic carbocycles. The Morgan fingerprint density at radius 3 is 1.10 bits per heavy atom. The predicted molar refractivity (Wildman–Crippen MR) is 250 cm³/mol. The van der Waals surface area contributed by atoms with Crippen molar-refractivity contribution < 1.29 is 27.9 Å². The van der Waals surface area contributed by atoms with E-state index in [-0.39, 0.29) is 40.7 Å². The van der Waals surface area contributed by atoms with E-state index in [1.165, 1.54) is 5.39 Å². The molecular formula is C48H56B3BrN2O6. The Kier molecular flexibility index (Phi) is 12.1. The Balaban J connectivity index is 0.000000140. The first-order chi connectivity index (χ1) is 28.1. The fraction of sp³-hybridized carbons (Fsp3) is 0.375. The van der Waals surface area contributed by atoms with Crippen molar-refractivity contribution in [3.63, 3.8) is 0 Å². The van der Waals surface area contributed by atoms with Gasteiger partial charge in [0, 0.05) is 26.4 Å². The maximum Gasteiger partial charge on any atom is 0.494 e. The van der Waals surface area contributed by atoms with Crippen LogP contribution in [0.5, 0.6) is 0 Å². The summed E-state index contributed by atoms with van der Waals surface area (Å²) < 4.78 is 37.2. The molecule has 9 rings (SSSR count). The Labute approximate surface area is 365 Å². The van der Waals surface area contributed by atoms with Crippen molar-refractivity contribution >= 4 is 64.3 Å². The van der Waals surface area contributed by atoms with Crippen LogP contribution in [0, 0.1) is 0 Å². The van der Waals surface area contributed by atoms with Crippen LogP contribution in [0.1, 0.15) is 83.1 Å². The van der Waals surface area contributed by atoms with E-state index >= 15 is 0 Å². The SMILES string of the molecule is Brc1ccc(-c2ccc3ccccc3n2)cc1.CC1(C)OB(B2OC(C)(C)C(C)(C)O2)OC1(C)C.CC1(C)OB(c2ccc(-c3ccc4ccccc4n3)cc2)OC1(C)C. The van der Waals surface area contributed by atoms with Crippen molar-refractivity contribution in [2.45, 2.75) is 117 Å². The lowest BCUT2D eigenvalue weighted by molar-refractivity contribution is 0.00578. The summed E-state index contributed by atoms with van der Waals surface area (Å²) in [5.41, 5.74) is 5.20. The second kappa shape index (κ2) is 16.4. The van der Waals surface area contributed by atoms with Gasteiger partial charge in [-0.2, -0.15) is 0 Å². The molecule has 0 bridgehead atoms. The first-order valence-corrected chi connectivity index (χ1v) is 21.5. The summed E-state index contributed by atoms with van der Waals surface area (Å²) in [7, 11) is -1.28. The molecule has 0 spiro atoms. The fourth-order valence-electron chi connectivity index (χ4n) is 6.86. The molecule has 0 unspecified atom stereocenters. The zero-order valence-electron chi connectivity index (χ0n) is 37.0. The Morgan fingerprint density at radius 2 is 0.717 bits per heavy atom. The van der Waals surface area contributed by atoms with Gasteiger partial charge in [-0.05, 0) is 125 Å². The van der Waals surface area contributed by atoms with Gasteiger partial charge in [0.15, 0.2) is 0 Å². The number of pyridine rings is 2. The highest BCUT2D eigenvalue weighted by atomic mass is 79.9. The fourth-order valence-corrected chi connectivity index (χ4v) is 7.13. The predicted octanol–water partition coefficient (Wildman–Crippen LogP) is 11.1. The molecule has 0 N–H and O–H groups in total. The van der Waals surface area contributed by atoms with Crippen LogP contribution in [-0.2, 0) is 27.9 Å². The maximum atomic E-state index is 6.12. The highest BCUT2D eigenvalue weighted by Gasteiger charge is 2.63. The third-order valence-electron chi connectivity index (χ3n) is 12.8. The largest absolute Gasteiger partial charge is 0.494 e. The third-order valence-corrected chi connectivity index (χ3v) is 13.4. The van der Waals surface area contributed by atoms with Crippen LogP contribution in [0.25, 0.3) is 44.3 Å². The maximum absolute atomic E-state index is 6.12. The third kappa shape index (κ3) is 9.17. The topological polar surface area (TPSA) is 81.2 Å². The molecule has 0 atom stereocenters. The minimum absolute atomic E-state index is 0.323. The van der Waals surface area contributed by atoms with Crippen LogP contribution in [0.3, 0.4) is 0 Å². The molecule has 6 aromatic rings. The Bertz CT molecular complexity index is 2380. The van der Waals surface area contributed by atoms with Crippen molar-refractivity contribution in [3.8, 4) is 22.5 Å². The van der Waals surface area contributed by atoms with E-state index in [4.69, 9.17) is 32.9 Å². The molecule has 0 saturated carbocycles. The van der Waals surface area contributed by atoms with E-state index in [1.807, 2.05) is 104 Å². The Hall–Kier alpha value is -3.87. The highest BCUT2D eigenvalue weighted by molar-refractivity contribution is 9.10. The van der Waals surface area contributed by atoms with E-state index in [1.54, 1.807) is 0 Å². The van der Waals surface area contributed by atoms with Crippen molar-refractivity contribution in [2.75, 3.05) is 0 Å². The van der Waals surface area contributed by atoms with Crippen LogP contribution >= 0.6 is 15.9 Å². The number of hydrogen-bond acceptors (Lipinski definition) is 8. The molecule has 12 heteroatoms. The van der Waals surface area contributed by atoms with Crippen molar-refractivity contribution in [2.24, 2.45) is 0 Å². The zero-order chi connectivity index (χ0) is 43.3. The molecule has 3 fully saturated rings. The first kappa shape index (κ1) is 44.2. The summed E-state index contributed by atoms with van der Waals surface area (Å²) in [5, 5.41) is 2.33. The van der Waals surface area contributed by atoms with Crippen LogP contribution in [0.2, 0.25) is 0 Å². The van der Waals surface area contributed by atoms with Gasteiger partial charge in [-0.25, -0.2) is 9.97 Å². The number of aromatic nitrogens is 2. The van der Waals surface area contributed by atoms with Crippen LogP contribution < -0.4 is 5.46 Å². The summed E-state index contributed by atoms with van der Waals surface area (Å²) in [6.45, 7) is 24.5. The summed E-state index contributed by atoms with van der Waals surface area (Å²) in [4.78, 5) is 9.42. The van der Waals surface area contributed by atoms with Gasteiger partial charge in [0.05, 0.1) is 56.0 Å². The average Bonchev–Trinajstić information content (AvgIpc) is 3.67. The van der Waals surface area contributed by atoms with Crippen LogP contribution in [-0.4, -0.2) is 64.7 Å². The lowest BCUT2D eigenvalue weighted by Gasteiger charge is -2.32. The van der Waals surface area contributed by atoms with Gasteiger partial charge < -0.3 is 27.9 Å². The van der Waals surface area contributed by atoms with Crippen molar-refractivity contribution in [1.29, 1.82) is 0 Å². The second-order valence-corrected chi connectivity index (χ2v) is 19.7. The van der Waals surface area contributed by atoms with Gasteiger partial charge in [-0.15, -0.1) is 0 Å². The van der Waals surface area contributed by atoms with Gasteiger partial charge in [-0.1, -0.05) is 101 Å². The molecule has 0 amide bonds. The number of benzene rings is 4. The van der Waals surface area contributed by atoms with Gasteiger partial charge in [0.25, 0.3) is 0 Å². The van der Waals surface area contributed by atoms with Crippen molar-refractivity contribution in [3.05, 3.63) is 126 Å². The van der Waals surface area contributed by atoms with Gasteiger partial charge in [0.1, 0.15) is 0 Å². The quantitative estimate of drug-likeness (QED) is 0.162. The van der Waals surface area contributed by atoms with Crippen LogP contribution in [0.15, 0.2) is 126 Å². The number of halogens is 1. The summed E-state index contributed by atoms with van der Waals surface area (Å²) in [5.74, 6) is 0. The number of nitrogens with zero attached hydrogens (tertiary/aromatic N) is 2. The van der Waals surface area contributed by atoms with Gasteiger partial charge >= 0.3 is 21.1 Å². The van der Waals surface area contributed by atoms with Gasteiger partial charge in [-0.3, -0.25) is 0 Å². The molecular weight excluding hydrogens is 813 g/mol. The van der Waals surface area contributed by atoms with E-state index in [0.717, 1.165) is 48.9 Å². The number of para-hydroxylation sites is 2. The molecule has 60 heavy (non-hydrogen) atoms. The minimum atomic E-state index is -0.476. The molecule has 3 saturated heterocycles. The zero-order valence-corrected chi connectivity index (χ0v) is 38.6. The molecule has 310 valence electrons. The summed E-state index contributed by atoms with van der Waals surface area (Å²) in [6.07, 6.45) is 0. The van der Waals surface area contributed by atoms with E-state index in [9.17, 15) is 0 Å². The lowest BCUT2D eigenvalue weighted by atomic mass is 9.49. The second-order valence-electron chi connectivity index (χ2n) is 18.7. The summed E-state index contributed by atoms with van der Waals surface area (Å²) in [6, 6.07) is 41.2. The number of rotatable bonds is 4.